The third kappa shape index (κ3) is 3.43. The predicted octanol–water partition coefficient (Wildman–Crippen LogP) is 1.62. The van der Waals surface area contributed by atoms with Crippen molar-refractivity contribution in [3.05, 3.63) is 29.6 Å². The Morgan fingerprint density at radius 2 is 2.33 bits per heavy atom. The molecule has 1 amide bonds. The lowest BCUT2D eigenvalue weighted by molar-refractivity contribution is 0.0953. The smallest absolute Gasteiger partial charge is 0.255 e. The quantitative estimate of drug-likeness (QED) is 0.771. The van der Waals surface area contributed by atoms with E-state index in [0.717, 1.165) is 17.9 Å². The summed E-state index contributed by atoms with van der Waals surface area (Å²) in [4.78, 5) is 11.4. The van der Waals surface area contributed by atoms with E-state index in [1.165, 1.54) is 6.07 Å². The van der Waals surface area contributed by atoms with Gasteiger partial charge in [-0.2, -0.15) is 11.8 Å². The molecule has 5 heteroatoms. The molecule has 0 saturated carbocycles. The minimum Gasteiger partial charge on any atom is -0.507 e. The van der Waals surface area contributed by atoms with Crippen LogP contribution >= 0.6 is 11.8 Å². The molecular formula is C10H12FNO2S. The number of aromatic hydroxyl groups is 1. The zero-order valence-electron chi connectivity index (χ0n) is 8.29. The summed E-state index contributed by atoms with van der Waals surface area (Å²) in [7, 11) is 0. The van der Waals surface area contributed by atoms with Crippen molar-refractivity contribution in [2.75, 3.05) is 18.6 Å². The number of thioether (sulfide) groups is 1. The van der Waals surface area contributed by atoms with Gasteiger partial charge in [-0.15, -0.1) is 0 Å². The molecule has 0 atom stereocenters. The molecule has 82 valence electrons. The highest BCUT2D eigenvalue weighted by molar-refractivity contribution is 7.98. The minimum absolute atomic E-state index is 0.0949. The van der Waals surface area contributed by atoms with Crippen LogP contribution in [-0.2, 0) is 0 Å². The van der Waals surface area contributed by atoms with Gasteiger partial charge in [-0.05, 0) is 18.4 Å². The van der Waals surface area contributed by atoms with Crippen LogP contribution in [0.1, 0.15) is 10.4 Å². The van der Waals surface area contributed by atoms with Crippen LogP contribution in [0.25, 0.3) is 0 Å². The summed E-state index contributed by atoms with van der Waals surface area (Å²) in [6.07, 6.45) is 1.93. The molecule has 0 saturated heterocycles. The molecule has 0 heterocycles. The SMILES string of the molecule is CSCCNC(=O)c1ccc(F)cc1O. The lowest BCUT2D eigenvalue weighted by atomic mass is 10.2. The number of amides is 1. The maximum absolute atomic E-state index is 12.6. The Bertz CT molecular complexity index is 357. The van der Waals surface area contributed by atoms with E-state index >= 15 is 0 Å². The van der Waals surface area contributed by atoms with Gasteiger partial charge in [0.2, 0.25) is 0 Å². The monoisotopic (exact) mass is 229 g/mol. The molecule has 0 aliphatic carbocycles. The van der Waals surface area contributed by atoms with Gasteiger partial charge in [-0.3, -0.25) is 4.79 Å². The summed E-state index contributed by atoms with van der Waals surface area (Å²) < 4.78 is 12.6. The number of benzene rings is 1. The molecule has 0 bridgehead atoms. The average molecular weight is 229 g/mol. The standard InChI is InChI=1S/C10H12FNO2S/c1-15-5-4-12-10(14)8-3-2-7(11)6-9(8)13/h2-3,6,13H,4-5H2,1H3,(H,12,14). The van der Waals surface area contributed by atoms with Crippen LogP contribution < -0.4 is 5.32 Å². The van der Waals surface area contributed by atoms with Crippen molar-refractivity contribution in [3.8, 4) is 5.75 Å². The fourth-order valence-electron chi connectivity index (χ4n) is 1.06. The van der Waals surface area contributed by atoms with Crippen LogP contribution in [0.15, 0.2) is 18.2 Å². The van der Waals surface area contributed by atoms with Crippen LogP contribution in [0, 0.1) is 5.82 Å². The lowest BCUT2D eigenvalue weighted by Crippen LogP contribution is -2.25. The first-order valence-corrected chi connectivity index (χ1v) is 5.80. The number of carbonyl (C=O) groups excluding carboxylic acids is 1. The third-order valence-electron chi connectivity index (χ3n) is 1.80. The molecule has 1 rings (SSSR count). The van der Waals surface area contributed by atoms with E-state index < -0.39 is 5.82 Å². The van der Waals surface area contributed by atoms with Gasteiger partial charge in [0.25, 0.3) is 5.91 Å². The fraction of sp³-hybridized carbons (Fsp3) is 0.300. The zero-order valence-corrected chi connectivity index (χ0v) is 9.10. The average Bonchev–Trinajstić information content (AvgIpc) is 2.17. The van der Waals surface area contributed by atoms with Crippen molar-refractivity contribution in [1.29, 1.82) is 0 Å². The Morgan fingerprint density at radius 1 is 1.60 bits per heavy atom. The van der Waals surface area contributed by atoms with Crippen LogP contribution in [0.4, 0.5) is 4.39 Å². The molecule has 0 unspecified atom stereocenters. The van der Waals surface area contributed by atoms with Crippen molar-refractivity contribution in [3.63, 3.8) is 0 Å². The van der Waals surface area contributed by atoms with E-state index in [1.807, 2.05) is 6.26 Å². The Labute approximate surface area is 91.7 Å². The largest absolute Gasteiger partial charge is 0.507 e. The first kappa shape index (κ1) is 11.8. The summed E-state index contributed by atoms with van der Waals surface area (Å²) in [6, 6.07) is 3.33. The normalized spacial score (nSPS) is 10.0. The van der Waals surface area contributed by atoms with Crippen LogP contribution in [0.2, 0.25) is 0 Å². The van der Waals surface area contributed by atoms with Crippen LogP contribution in [-0.4, -0.2) is 29.6 Å². The predicted molar refractivity (Wildman–Crippen MR) is 58.8 cm³/mol. The minimum atomic E-state index is -0.562. The highest BCUT2D eigenvalue weighted by atomic mass is 32.2. The van der Waals surface area contributed by atoms with Gasteiger partial charge in [-0.25, -0.2) is 4.39 Å². The Hall–Kier alpha value is -1.23. The van der Waals surface area contributed by atoms with E-state index in [-0.39, 0.29) is 17.2 Å². The lowest BCUT2D eigenvalue weighted by Gasteiger charge is -2.05. The molecule has 15 heavy (non-hydrogen) atoms. The maximum Gasteiger partial charge on any atom is 0.255 e. The van der Waals surface area contributed by atoms with Crippen molar-refractivity contribution >= 4 is 17.7 Å². The number of nitrogens with one attached hydrogen (secondary N) is 1. The van der Waals surface area contributed by atoms with Crippen LogP contribution in [0.5, 0.6) is 5.75 Å². The molecule has 1 aromatic carbocycles. The molecule has 0 aliphatic heterocycles. The molecular weight excluding hydrogens is 217 g/mol. The van der Waals surface area contributed by atoms with E-state index in [2.05, 4.69) is 5.32 Å². The van der Waals surface area contributed by atoms with Gasteiger partial charge in [-0.1, -0.05) is 0 Å². The second-order valence-corrected chi connectivity index (χ2v) is 3.90. The van der Waals surface area contributed by atoms with E-state index in [4.69, 9.17) is 0 Å². The molecule has 0 aliphatic rings. The highest BCUT2D eigenvalue weighted by Gasteiger charge is 2.10. The maximum atomic E-state index is 12.6. The summed E-state index contributed by atoms with van der Waals surface area (Å²) >= 11 is 1.61. The van der Waals surface area contributed by atoms with Gasteiger partial charge < -0.3 is 10.4 Å². The molecule has 0 spiro atoms. The zero-order chi connectivity index (χ0) is 11.3. The Kier molecular flexibility index (Phi) is 4.42. The molecule has 0 fully saturated rings. The number of phenols is 1. The van der Waals surface area contributed by atoms with Crippen molar-refractivity contribution in [2.45, 2.75) is 0 Å². The van der Waals surface area contributed by atoms with E-state index in [9.17, 15) is 14.3 Å². The van der Waals surface area contributed by atoms with E-state index in [0.29, 0.717) is 6.54 Å². The topological polar surface area (TPSA) is 49.3 Å². The summed E-state index contributed by atoms with van der Waals surface area (Å²) in [6.45, 7) is 0.525. The molecule has 0 aromatic heterocycles. The second kappa shape index (κ2) is 5.60. The highest BCUT2D eigenvalue weighted by Crippen LogP contribution is 2.17. The number of phenolic OH excluding ortho intramolecular Hbond substituents is 1. The van der Waals surface area contributed by atoms with Crippen molar-refractivity contribution in [1.82, 2.24) is 5.32 Å². The fourth-order valence-corrected chi connectivity index (χ4v) is 1.36. The van der Waals surface area contributed by atoms with Gasteiger partial charge >= 0.3 is 0 Å². The first-order chi connectivity index (χ1) is 7.15. The number of hydrogen-bond acceptors (Lipinski definition) is 3. The summed E-state index contributed by atoms with van der Waals surface area (Å²) in [5, 5.41) is 11.9. The molecule has 2 N–H and O–H groups in total. The Balaban J connectivity index is 2.65. The Morgan fingerprint density at radius 3 is 2.93 bits per heavy atom. The first-order valence-electron chi connectivity index (χ1n) is 4.41. The molecule has 3 nitrogen and oxygen atoms in total. The second-order valence-electron chi connectivity index (χ2n) is 2.91. The van der Waals surface area contributed by atoms with E-state index in [1.54, 1.807) is 11.8 Å². The molecule has 1 aromatic rings. The number of carbonyl (C=O) groups is 1. The van der Waals surface area contributed by atoms with Crippen molar-refractivity contribution in [2.24, 2.45) is 0 Å². The number of rotatable bonds is 4. The molecule has 0 radical (unpaired) electrons. The van der Waals surface area contributed by atoms with Gasteiger partial charge in [0.1, 0.15) is 11.6 Å². The summed E-state index contributed by atoms with van der Waals surface area (Å²) in [5.74, 6) is -0.486. The number of halogens is 1. The van der Waals surface area contributed by atoms with Crippen molar-refractivity contribution < 1.29 is 14.3 Å². The van der Waals surface area contributed by atoms with Gasteiger partial charge in [0.05, 0.1) is 5.56 Å². The van der Waals surface area contributed by atoms with Crippen LogP contribution in [0.3, 0.4) is 0 Å². The van der Waals surface area contributed by atoms with Gasteiger partial charge in [0.15, 0.2) is 0 Å². The summed E-state index contributed by atoms with van der Waals surface area (Å²) in [5.41, 5.74) is 0.0949. The number of hydrogen-bond donors (Lipinski definition) is 2. The van der Waals surface area contributed by atoms with Gasteiger partial charge in [0, 0.05) is 18.4 Å². The third-order valence-corrected chi connectivity index (χ3v) is 2.41.